The lowest BCUT2D eigenvalue weighted by Gasteiger charge is -2.36. The molecule has 0 aromatic carbocycles. The Kier molecular flexibility index (Phi) is 6.55. The van der Waals surface area contributed by atoms with Crippen molar-refractivity contribution < 1.29 is 13.2 Å². The first kappa shape index (κ1) is 21.3. The maximum atomic E-state index is 13.1. The SMILES string of the molecule is C=C1C=C(C(F)(F)F)C=CN1C(CC1CCCCC1)C(C)=Nc1cnc(C)cn1. The second kappa shape index (κ2) is 8.93. The highest BCUT2D eigenvalue weighted by atomic mass is 19.4. The summed E-state index contributed by atoms with van der Waals surface area (Å²) < 4.78 is 39.2. The third kappa shape index (κ3) is 5.55. The lowest BCUT2D eigenvalue weighted by atomic mass is 9.83. The van der Waals surface area contributed by atoms with Crippen LogP contribution in [0.25, 0.3) is 0 Å². The number of aliphatic imine (C=N–C) groups is 1. The molecule has 1 aliphatic carbocycles. The van der Waals surface area contributed by atoms with Gasteiger partial charge in [-0.15, -0.1) is 0 Å². The number of aryl methyl sites for hydroxylation is 1. The molecule has 1 fully saturated rings. The van der Waals surface area contributed by atoms with Crippen molar-refractivity contribution in [3.05, 3.63) is 54.3 Å². The van der Waals surface area contributed by atoms with Crippen LogP contribution < -0.4 is 0 Å². The van der Waals surface area contributed by atoms with E-state index in [1.165, 1.54) is 25.5 Å². The van der Waals surface area contributed by atoms with Crippen molar-refractivity contribution in [1.82, 2.24) is 14.9 Å². The van der Waals surface area contributed by atoms with Gasteiger partial charge in [0, 0.05) is 17.6 Å². The van der Waals surface area contributed by atoms with Crippen molar-refractivity contribution in [3.8, 4) is 0 Å². The molecule has 1 aromatic rings. The molecular weight excluding hydrogens is 377 g/mol. The number of alkyl halides is 3. The van der Waals surface area contributed by atoms with Gasteiger partial charge in [-0.25, -0.2) is 9.98 Å². The second-order valence-electron chi connectivity index (χ2n) is 7.84. The lowest BCUT2D eigenvalue weighted by molar-refractivity contribution is -0.0886. The van der Waals surface area contributed by atoms with Gasteiger partial charge in [-0.05, 0) is 38.3 Å². The summed E-state index contributed by atoms with van der Waals surface area (Å²) in [5, 5.41) is 0. The van der Waals surface area contributed by atoms with E-state index in [1.54, 1.807) is 12.4 Å². The molecule has 0 saturated heterocycles. The summed E-state index contributed by atoms with van der Waals surface area (Å²) >= 11 is 0. The fourth-order valence-electron chi connectivity index (χ4n) is 3.96. The summed E-state index contributed by atoms with van der Waals surface area (Å²) in [5.41, 5.74) is 1.24. The first-order valence-electron chi connectivity index (χ1n) is 10.0. The predicted octanol–water partition coefficient (Wildman–Crippen LogP) is 6.05. The van der Waals surface area contributed by atoms with Gasteiger partial charge in [0.2, 0.25) is 0 Å². The normalized spacial score (nSPS) is 20.0. The van der Waals surface area contributed by atoms with Gasteiger partial charge in [-0.1, -0.05) is 38.7 Å². The first-order valence-corrected chi connectivity index (χ1v) is 10.0. The van der Waals surface area contributed by atoms with Crippen molar-refractivity contribution in [2.75, 3.05) is 0 Å². The maximum absolute atomic E-state index is 13.1. The van der Waals surface area contributed by atoms with Crippen LogP contribution in [-0.2, 0) is 0 Å². The molecule has 0 spiro atoms. The fourth-order valence-corrected chi connectivity index (χ4v) is 3.96. The zero-order valence-corrected chi connectivity index (χ0v) is 16.9. The molecule has 1 atom stereocenters. The molecule has 4 nitrogen and oxygen atoms in total. The van der Waals surface area contributed by atoms with Crippen LogP contribution in [0.4, 0.5) is 19.0 Å². The second-order valence-corrected chi connectivity index (χ2v) is 7.84. The van der Waals surface area contributed by atoms with Crippen molar-refractivity contribution in [2.24, 2.45) is 10.9 Å². The van der Waals surface area contributed by atoms with E-state index in [2.05, 4.69) is 21.5 Å². The fraction of sp³-hybridized carbons (Fsp3) is 0.500. The van der Waals surface area contributed by atoms with Crippen LogP contribution in [-0.4, -0.2) is 32.8 Å². The number of hydrogen-bond donors (Lipinski definition) is 0. The quantitative estimate of drug-likeness (QED) is 0.561. The molecule has 7 heteroatoms. The summed E-state index contributed by atoms with van der Waals surface area (Å²) in [6.07, 6.45) is 9.34. The number of halogens is 3. The average Bonchev–Trinajstić information content (AvgIpc) is 2.68. The van der Waals surface area contributed by atoms with E-state index in [1.807, 2.05) is 18.7 Å². The van der Waals surface area contributed by atoms with Gasteiger partial charge in [0.1, 0.15) is 0 Å². The molecule has 1 aromatic heterocycles. The molecule has 2 aliphatic rings. The summed E-state index contributed by atoms with van der Waals surface area (Å²) in [6.45, 7) is 7.65. The maximum Gasteiger partial charge on any atom is 0.416 e. The molecule has 2 heterocycles. The van der Waals surface area contributed by atoms with Crippen molar-refractivity contribution in [1.29, 1.82) is 0 Å². The minimum absolute atomic E-state index is 0.170. The zero-order valence-electron chi connectivity index (χ0n) is 16.9. The molecule has 1 unspecified atom stereocenters. The highest BCUT2D eigenvalue weighted by Crippen LogP contribution is 2.35. The summed E-state index contributed by atoms with van der Waals surface area (Å²) in [7, 11) is 0. The van der Waals surface area contributed by atoms with Crippen LogP contribution in [0.5, 0.6) is 0 Å². The third-order valence-corrected chi connectivity index (χ3v) is 5.55. The Bertz CT molecular complexity index is 815. The molecule has 1 aliphatic heterocycles. The van der Waals surface area contributed by atoms with Crippen molar-refractivity contribution in [2.45, 2.75) is 64.6 Å². The van der Waals surface area contributed by atoms with E-state index in [4.69, 9.17) is 0 Å². The van der Waals surface area contributed by atoms with Gasteiger partial charge >= 0.3 is 6.18 Å². The van der Waals surface area contributed by atoms with Crippen molar-refractivity contribution in [3.63, 3.8) is 0 Å². The van der Waals surface area contributed by atoms with E-state index >= 15 is 0 Å². The van der Waals surface area contributed by atoms with Gasteiger partial charge in [-0.2, -0.15) is 13.2 Å². The smallest absolute Gasteiger partial charge is 0.340 e. The van der Waals surface area contributed by atoms with Crippen molar-refractivity contribution >= 4 is 11.5 Å². The highest BCUT2D eigenvalue weighted by molar-refractivity contribution is 5.89. The zero-order chi connectivity index (χ0) is 21.0. The molecule has 0 bridgehead atoms. The van der Waals surface area contributed by atoms with Crippen LogP contribution in [0.1, 0.15) is 51.1 Å². The Labute approximate surface area is 170 Å². The van der Waals surface area contributed by atoms with Crippen LogP contribution >= 0.6 is 0 Å². The molecule has 0 amide bonds. The minimum Gasteiger partial charge on any atom is -0.340 e. The number of nitrogens with zero attached hydrogens (tertiary/aromatic N) is 4. The standard InChI is InChI=1S/C22H27F3N4/c1-15-13-27-21(14-26-15)28-17(3)20(12-18-7-5-4-6-8-18)29-10-9-19(11-16(29)2)22(23,24)25/h9-11,13-14,18,20H,2,4-8,12H2,1,3H3. The van der Waals surface area contributed by atoms with Crippen LogP contribution in [0.2, 0.25) is 0 Å². The Morgan fingerprint density at radius 2 is 1.97 bits per heavy atom. The van der Waals surface area contributed by atoms with Gasteiger partial charge in [0.25, 0.3) is 0 Å². The Hall–Kier alpha value is -2.44. The third-order valence-electron chi connectivity index (χ3n) is 5.55. The molecule has 29 heavy (non-hydrogen) atoms. The topological polar surface area (TPSA) is 41.4 Å². The van der Waals surface area contributed by atoms with Gasteiger partial charge in [0.15, 0.2) is 5.82 Å². The van der Waals surface area contributed by atoms with E-state index in [9.17, 15) is 13.2 Å². The molecular formula is C22H27F3N4. The van der Waals surface area contributed by atoms with E-state index in [0.717, 1.165) is 42.8 Å². The molecule has 1 saturated carbocycles. The molecule has 0 radical (unpaired) electrons. The average molecular weight is 404 g/mol. The Morgan fingerprint density at radius 3 is 2.55 bits per heavy atom. The Balaban J connectivity index is 1.87. The summed E-state index contributed by atoms with van der Waals surface area (Å²) in [4.78, 5) is 14.9. The molecule has 3 rings (SSSR count). The predicted molar refractivity (Wildman–Crippen MR) is 109 cm³/mol. The Morgan fingerprint density at radius 1 is 1.24 bits per heavy atom. The van der Waals surface area contributed by atoms with Gasteiger partial charge in [-0.3, -0.25) is 4.98 Å². The first-order chi connectivity index (χ1) is 13.7. The lowest BCUT2D eigenvalue weighted by Crippen LogP contribution is -2.38. The highest BCUT2D eigenvalue weighted by Gasteiger charge is 2.35. The number of rotatable bonds is 5. The van der Waals surface area contributed by atoms with Crippen LogP contribution in [0.15, 0.2) is 53.6 Å². The number of allylic oxidation sites excluding steroid dienone is 3. The molecule has 0 N–H and O–H groups in total. The largest absolute Gasteiger partial charge is 0.416 e. The number of hydrogen-bond acceptors (Lipinski definition) is 4. The van der Waals surface area contributed by atoms with Gasteiger partial charge < -0.3 is 4.90 Å². The molecule has 156 valence electrons. The summed E-state index contributed by atoms with van der Waals surface area (Å²) in [5.74, 6) is 1.03. The van der Waals surface area contributed by atoms with Gasteiger partial charge in [0.05, 0.1) is 29.7 Å². The summed E-state index contributed by atoms with van der Waals surface area (Å²) in [6, 6.07) is -0.170. The van der Waals surface area contributed by atoms with Crippen LogP contribution in [0, 0.1) is 12.8 Å². The van der Waals surface area contributed by atoms with E-state index < -0.39 is 11.7 Å². The number of aromatic nitrogens is 2. The van der Waals surface area contributed by atoms with Crippen LogP contribution in [0.3, 0.4) is 0 Å². The minimum atomic E-state index is -4.38. The van der Waals surface area contributed by atoms with E-state index in [0.29, 0.717) is 17.4 Å². The van der Waals surface area contributed by atoms with E-state index in [-0.39, 0.29) is 6.04 Å². The monoisotopic (exact) mass is 404 g/mol.